The van der Waals surface area contributed by atoms with Crippen molar-refractivity contribution in [1.29, 1.82) is 0 Å². The third kappa shape index (κ3) is 6.45. The SMILES string of the molecule is Cl.Cl.NC(C(=O)Nc1cccc(NC(=O)c2ccncc2)c1)C1CCOCC1. The van der Waals surface area contributed by atoms with Crippen molar-refractivity contribution in [2.75, 3.05) is 23.8 Å². The normalized spacial score (nSPS) is 14.8. The van der Waals surface area contributed by atoms with Crippen LogP contribution in [0.15, 0.2) is 48.8 Å². The van der Waals surface area contributed by atoms with Crippen molar-refractivity contribution in [1.82, 2.24) is 4.98 Å². The van der Waals surface area contributed by atoms with Crippen molar-refractivity contribution < 1.29 is 14.3 Å². The number of carbonyl (C=O) groups excluding carboxylic acids is 2. The number of benzene rings is 1. The molecule has 1 aliphatic rings. The number of hydrogen-bond acceptors (Lipinski definition) is 5. The largest absolute Gasteiger partial charge is 0.381 e. The lowest BCUT2D eigenvalue weighted by atomic mass is 9.92. The Morgan fingerprint density at radius 3 is 2.29 bits per heavy atom. The second-order valence-corrected chi connectivity index (χ2v) is 6.24. The summed E-state index contributed by atoms with van der Waals surface area (Å²) < 4.78 is 5.31. The van der Waals surface area contributed by atoms with Gasteiger partial charge >= 0.3 is 0 Å². The van der Waals surface area contributed by atoms with Gasteiger partial charge in [0.25, 0.3) is 5.91 Å². The molecule has 0 spiro atoms. The summed E-state index contributed by atoms with van der Waals surface area (Å²) in [7, 11) is 0. The summed E-state index contributed by atoms with van der Waals surface area (Å²) in [5, 5.41) is 5.62. The summed E-state index contributed by atoms with van der Waals surface area (Å²) in [6, 6.07) is 9.67. The van der Waals surface area contributed by atoms with Gasteiger partial charge in [0, 0.05) is 42.5 Å². The minimum Gasteiger partial charge on any atom is -0.381 e. The van der Waals surface area contributed by atoms with Gasteiger partial charge in [-0.2, -0.15) is 0 Å². The number of carbonyl (C=O) groups is 2. The second-order valence-electron chi connectivity index (χ2n) is 6.24. The van der Waals surface area contributed by atoms with Crippen molar-refractivity contribution in [3.63, 3.8) is 0 Å². The Kier molecular flexibility index (Phi) is 9.89. The van der Waals surface area contributed by atoms with Crippen molar-refractivity contribution in [3.05, 3.63) is 54.4 Å². The zero-order valence-electron chi connectivity index (χ0n) is 15.2. The van der Waals surface area contributed by atoms with E-state index in [2.05, 4.69) is 15.6 Å². The molecule has 2 heterocycles. The van der Waals surface area contributed by atoms with Gasteiger partial charge in [-0.25, -0.2) is 0 Å². The summed E-state index contributed by atoms with van der Waals surface area (Å²) in [6.07, 6.45) is 4.69. The molecule has 1 fully saturated rings. The van der Waals surface area contributed by atoms with Gasteiger partial charge in [0.15, 0.2) is 0 Å². The van der Waals surface area contributed by atoms with Crippen LogP contribution in [0.5, 0.6) is 0 Å². The zero-order chi connectivity index (χ0) is 18.4. The fraction of sp³-hybridized carbons (Fsp3) is 0.316. The lowest BCUT2D eigenvalue weighted by Gasteiger charge is -2.26. The van der Waals surface area contributed by atoms with Gasteiger partial charge in [-0.3, -0.25) is 14.6 Å². The van der Waals surface area contributed by atoms with Crippen LogP contribution in [0, 0.1) is 5.92 Å². The van der Waals surface area contributed by atoms with E-state index < -0.39 is 6.04 Å². The van der Waals surface area contributed by atoms with Crippen LogP contribution in [0.2, 0.25) is 0 Å². The number of amides is 2. The Morgan fingerprint density at radius 2 is 1.64 bits per heavy atom. The molecule has 0 radical (unpaired) electrons. The summed E-state index contributed by atoms with van der Waals surface area (Å²) in [6.45, 7) is 1.28. The van der Waals surface area contributed by atoms with Crippen molar-refractivity contribution in [2.45, 2.75) is 18.9 Å². The number of nitrogens with one attached hydrogen (secondary N) is 2. The molecule has 0 aliphatic carbocycles. The minimum atomic E-state index is -0.575. The standard InChI is InChI=1S/C19H22N4O3.2ClH/c20-17(13-6-10-26-11-7-13)19(25)23-16-3-1-2-15(12-16)22-18(24)14-4-8-21-9-5-14;;/h1-5,8-9,12-13,17H,6-7,10-11,20H2,(H,22,24)(H,23,25);2*1H. The van der Waals surface area contributed by atoms with Gasteiger partial charge in [0.2, 0.25) is 5.91 Å². The number of hydrogen-bond donors (Lipinski definition) is 3. The highest BCUT2D eigenvalue weighted by molar-refractivity contribution is 6.04. The van der Waals surface area contributed by atoms with Crippen LogP contribution < -0.4 is 16.4 Å². The molecule has 1 saturated heterocycles. The second kappa shape index (κ2) is 11.6. The van der Waals surface area contributed by atoms with Crippen LogP contribution in [0.1, 0.15) is 23.2 Å². The molecule has 152 valence electrons. The molecule has 0 bridgehead atoms. The highest BCUT2D eigenvalue weighted by atomic mass is 35.5. The molecule has 1 atom stereocenters. The first-order valence-corrected chi connectivity index (χ1v) is 8.59. The average molecular weight is 427 g/mol. The van der Waals surface area contributed by atoms with Crippen LogP contribution in [-0.2, 0) is 9.53 Å². The highest BCUT2D eigenvalue weighted by Gasteiger charge is 2.26. The minimum absolute atomic E-state index is 0. The molecular weight excluding hydrogens is 403 g/mol. The molecule has 28 heavy (non-hydrogen) atoms. The fourth-order valence-corrected chi connectivity index (χ4v) is 2.90. The number of anilines is 2. The maximum absolute atomic E-state index is 12.4. The van der Waals surface area contributed by atoms with Gasteiger partial charge in [0.1, 0.15) is 0 Å². The molecule has 4 N–H and O–H groups in total. The molecule has 1 aromatic heterocycles. The molecule has 7 nitrogen and oxygen atoms in total. The van der Waals surface area contributed by atoms with E-state index in [1.807, 2.05) is 0 Å². The Bertz CT molecular complexity index is 771. The van der Waals surface area contributed by atoms with Gasteiger partial charge < -0.3 is 21.1 Å². The van der Waals surface area contributed by atoms with Crippen LogP contribution in [0.25, 0.3) is 0 Å². The fourth-order valence-electron chi connectivity index (χ4n) is 2.90. The number of pyridine rings is 1. The summed E-state index contributed by atoms with van der Waals surface area (Å²) >= 11 is 0. The zero-order valence-corrected chi connectivity index (χ0v) is 16.8. The molecule has 1 unspecified atom stereocenters. The van der Waals surface area contributed by atoms with Gasteiger partial charge in [-0.05, 0) is 49.1 Å². The van der Waals surface area contributed by atoms with E-state index in [9.17, 15) is 9.59 Å². The molecule has 1 aliphatic heterocycles. The predicted octanol–water partition coefficient (Wildman–Crippen LogP) is 2.87. The van der Waals surface area contributed by atoms with Gasteiger partial charge in [0.05, 0.1) is 6.04 Å². The lowest BCUT2D eigenvalue weighted by molar-refractivity contribution is -0.119. The molecule has 2 aromatic rings. The summed E-state index contributed by atoms with van der Waals surface area (Å²) in [4.78, 5) is 28.5. The van der Waals surface area contributed by atoms with Crippen molar-refractivity contribution >= 4 is 48.0 Å². The van der Waals surface area contributed by atoms with Gasteiger partial charge in [-0.1, -0.05) is 6.07 Å². The number of aromatic nitrogens is 1. The third-order valence-electron chi connectivity index (χ3n) is 4.41. The molecule has 0 saturated carbocycles. The van der Waals surface area contributed by atoms with Crippen molar-refractivity contribution in [3.8, 4) is 0 Å². The molecule has 1 aromatic carbocycles. The predicted molar refractivity (Wildman–Crippen MR) is 113 cm³/mol. The van der Waals surface area contributed by atoms with E-state index in [1.54, 1.807) is 48.8 Å². The summed E-state index contributed by atoms with van der Waals surface area (Å²) in [5.74, 6) is -0.345. The first kappa shape index (κ1) is 23.8. The molecule has 9 heteroatoms. The first-order chi connectivity index (χ1) is 12.6. The van der Waals surface area contributed by atoms with E-state index >= 15 is 0 Å². The lowest BCUT2D eigenvalue weighted by Crippen LogP contribution is -2.44. The number of rotatable bonds is 5. The quantitative estimate of drug-likeness (QED) is 0.681. The molecular formula is C19H24Cl2N4O3. The molecule has 2 amide bonds. The monoisotopic (exact) mass is 426 g/mol. The van der Waals surface area contributed by atoms with E-state index in [-0.39, 0.29) is 42.5 Å². The number of nitrogens with two attached hydrogens (primary N) is 1. The average Bonchev–Trinajstić information content (AvgIpc) is 2.69. The van der Waals surface area contributed by atoms with Crippen LogP contribution in [-0.4, -0.2) is 36.1 Å². The molecule has 3 rings (SSSR count). The number of ether oxygens (including phenoxy) is 1. The van der Waals surface area contributed by atoms with Crippen LogP contribution >= 0.6 is 24.8 Å². The van der Waals surface area contributed by atoms with Gasteiger partial charge in [-0.15, -0.1) is 24.8 Å². The van der Waals surface area contributed by atoms with E-state index in [0.717, 1.165) is 12.8 Å². The van der Waals surface area contributed by atoms with E-state index in [1.165, 1.54) is 0 Å². The topological polar surface area (TPSA) is 106 Å². The Balaban J connectivity index is 0.00000196. The maximum Gasteiger partial charge on any atom is 0.255 e. The maximum atomic E-state index is 12.4. The smallest absolute Gasteiger partial charge is 0.255 e. The Morgan fingerprint density at radius 1 is 1.04 bits per heavy atom. The van der Waals surface area contributed by atoms with Crippen LogP contribution in [0.3, 0.4) is 0 Å². The Labute approximate surface area is 176 Å². The van der Waals surface area contributed by atoms with E-state index in [0.29, 0.717) is 30.2 Å². The van der Waals surface area contributed by atoms with Crippen molar-refractivity contribution in [2.24, 2.45) is 11.7 Å². The number of halogens is 2. The summed E-state index contributed by atoms with van der Waals surface area (Å²) in [5.41, 5.74) is 7.78. The van der Waals surface area contributed by atoms with Crippen LogP contribution in [0.4, 0.5) is 11.4 Å². The number of nitrogens with zero attached hydrogens (tertiary/aromatic N) is 1. The van der Waals surface area contributed by atoms with E-state index in [4.69, 9.17) is 10.5 Å². The third-order valence-corrected chi connectivity index (χ3v) is 4.41. The highest BCUT2D eigenvalue weighted by Crippen LogP contribution is 2.20. The Hall–Kier alpha value is -2.19. The first-order valence-electron chi connectivity index (χ1n) is 8.59.